The minimum atomic E-state index is -0.843. The number of thioether (sulfide) groups is 1. The molecule has 1 fully saturated rings. The SMILES string of the molecule is O=C(Nc1ccc(F)cc1F)c1ccc([C@@H]2SCC(=O)N2Cc2ccco2)cc1. The molecule has 2 amide bonds. The first-order valence-electron chi connectivity index (χ1n) is 8.81. The number of carbonyl (C=O) groups is 2. The summed E-state index contributed by atoms with van der Waals surface area (Å²) < 4.78 is 32.1. The highest BCUT2D eigenvalue weighted by Crippen LogP contribution is 2.39. The number of hydrogen-bond acceptors (Lipinski definition) is 4. The Bertz CT molecular complexity index is 1040. The Morgan fingerprint density at radius 1 is 1.17 bits per heavy atom. The lowest BCUT2D eigenvalue weighted by molar-refractivity contribution is -0.128. The molecule has 1 aromatic heterocycles. The van der Waals surface area contributed by atoms with Crippen LogP contribution in [0, 0.1) is 11.6 Å². The van der Waals surface area contributed by atoms with E-state index in [-0.39, 0.29) is 17.0 Å². The zero-order chi connectivity index (χ0) is 20.4. The number of carbonyl (C=O) groups excluding carboxylic acids is 2. The molecule has 5 nitrogen and oxygen atoms in total. The van der Waals surface area contributed by atoms with E-state index in [0.29, 0.717) is 29.7 Å². The molecule has 0 spiro atoms. The largest absolute Gasteiger partial charge is 0.467 e. The van der Waals surface area contributed by atoms with Gasteiger partial charge in [-0.3, -0.25) is 9.59 Å². The maximum absolute atomic E-state index is 13.7. The zero-order valence-corrected chi connectivity index (χ0v) is 15.9. The van der Waals surface area contributed by atoms with E-state index < -0.39 is 17.5 Å². The average molecular weight is 414 g/mol. The van der Waals surface area contributed by atoms with E-state index in [1.54, 1.807) is 41.5 Å². The van der Waals surface area contributed by atoms with E-state index >= 15 is 0 Å². The summed E-state index contributed by atoms with van der Waals surface area (Å²) in [4.78, 5) is 26.3. The standard InChI is InChI=1S/C21H16F2N2O3S/c22-15-7-8-18(17(23)10-15)24-20(27)13-3-5-14(6-4-13)21-25(19(26)12-29-21)11-16-2-1-9-28-16/h1-10,21H,11-12H2,(H,24,27)/t21-/m0/s1. The molecule has 0 saturated carbocycles. The summed E-state index contributed by atoms with van der Waals surface area (Å²) >= 11 is 1.50. The van der Waals surface area contributed by atoms with Gasteiger partial charge in [-0.05, 0) is 42.0 Å². The first-order chi connectivity index (χ1) is 14.0. The Hall–Kier alpha value is -3.13. The van der Waals surface area contributed by atoms with E-state index in [0.717, 1.165) is 11.6 Å². The van der Waals surface area contributed by atoms with Gasteiger partial charge in [-0.1, -0.05) is 12.1 Å². The van der Waals surface area contributed by atoms with Gasteiger partial charge in [-0.25, -0.2) is 8.78 Å². The van der Waals surface area contributed by atoms with E-state index in [2.05, 4.69) is 5.32 Å². The minimum Gasteiger partial charge on any atom is -0.467 e. The summed E-state index contributed by atoms with van der Waals surface area (Å²) in [6, 6.07) is 13.3. The maximum Gasteiger partial charge on any atom is 0.255 e. The molecule has 0 radical (unpaired) electrons. The molecule has 0 bridgehead atoms. The van der Waals surface area contributed by atoms with Crippen molar-refractivity contribution in [2.45, 2.75) is 11.9 Å². The summed E-state index contributed by atoms with van der Waals surface area (Å²) in [5.74, 6) is -0.980. The molecule has 2 aromatic carbocycles. The van der Waals surface area contributed by atoms with Crippen molar-refractivity contribution in [1.82, 2.24) is 4.90 Å². The monoisotopic (exact) mass is 414 g/mol. The second-order valence-electron chi connectivity index (χ2n) is 6.46. The molecule has 3 aromatic rings. The fourth-order valence-corrected chi connectivity index (χ4v) is 4.24. The Labute approximate surface area is 169 Å². The van der Waals surface area contributed by atoms with Crippen LogP contribution in [-0.4, -0.2) is 22.5 Å². The first kappa shape index (κ1) is 19.2. The molecule has 4 rings (SSSR count). The second kappa shape index (κ2) is 8.08. The second-order valence-corrected chi connectivity index (χ2v) is 7.53. The zero-order valence-electron chi connectivity index (χ0n) is 15.1. The van der Waals surface area contributed by atoms with Crippen LogP contribution in [0.5, 0.6) is 0 Å². The highest BCUT2D eigenvalue weighted by Gasteiger charge is 2.33. The highest BCUT2D eigenvalue weighted by atomic mass is 32.2. The molecule has 8 heteroatoms. The number of halogens is 2. The molecule has 1 aliphatic rings. The number of anilines is 1. The van der Waals surface area contributed by atoms with Gasteiger partial charge < -0.3 is 14.6 Å². The van der Waals surface area contributed by atoms with Gasteiger partial charge in [0, 0.05) is 11.6 Å². The number of rotatable bonds is 5. The molecule has 2 heterocycles. The Morgan fingerprint density at radius 2 is 1.97 bits per heavy atom. The Balaban J connectivity index is 1.48. The number of amides is 2. The van der Waals surface area contributed by atoms with E-state index in [4.69, 9.17) is 4.42 Å². The number of benzene rings is 2. The van der Waals surface area contributed by atoms with Crippen LogP contribution >= 0.6 is 11.8 Å². The molecule has 0 aliphatic carbocycles. The fourth-order valence-electron chi connectivity index (χ4n) is 3.06. The van der Waals surface area contributed by atoms with Crippen molar-refractivity contribution in [3.05, 3.63) is 89.4 Å². The lowest BCUT2D eigenvalue weighted by Gasteiger charge is -2.23. The Kier molecular flexibility index (Phi) is 5.35. The van der Waals surface area contributed by atoms with E-state index in [1.165, 1.54) is 17.8 Å². The normalized spacial score (nSPS) is 16.3. The van der Waals surface area contributed by atoms with Crippen molar-refractivity contribution in [2.75, 3.05) is 11.1 Å². The number of furan rings is 1. The summed E-state index contributed by atoms with van der Waals surface area (Å²) in [6.45, 7) is 0.371. The van der Waals surface area contributed by atoms with Crippen LogP contribution in [0.4, 0.5) is 14.5 Å². The van der Waals surface area contributed by atoms with Crippen LogP contribution in [-0.2, 0) is 11.3 Å². The number of nitrogens with zero attached hydrogens (tertiary/aromatic N) is 1. The molecular formula is C21H16F2N2O3S. The van der Waals surface area contributed by atoms with Gasteiger partial charge in [0.05, 0.1) is 24.2 Å². The lowest BCUT2D eigenvalue weighted by Crippen LogP contribution is -2.27. The van der Waals surface area contributed by atoms with Crippen molar-refractivity contribution in [3.63, 3.8) is 0 Å². The summed E-state index contributed by atoms with van der Waals surface area (Å²) in [6.07, 6.45) is 1.56. The fraction of sp³-hybridized carbons (Fsp3) is 0.143. The van der Waals surface area contributed by atoms with E-state index in [1.807, 2.05) is 6.07 Å². The molecule has 148 valence electrons. The molecular weight excluding hydrogens is 398 g/mol. The van der Waals surface area contributed by atoms with Crippen LogP contribution < -0.4 is 5.32 Å². The van der Waals surface area contributed by atoms with Gasteiger partial charge >= 0.3 is 0 Å². The molecule has 1 atom stereocenters. The van der Waals surface area contributed by atoms with Gasteiger partial charge in [0.25, 0.3) is 5.91 Å². The third-order valence-electron chi connectivity index (χ3n) is 4.51. The third kappa shape index (κ3) is 4.17. The summed E-state index contributed by atoms with van der Waals surface area (Å²) in [5.41, 5.74) is 1.10. The molecule has 1 N–H and O–H groups in total. The minimum absolute atomic E-state index is 0.0185. The molecule has 1 aliphatic heterocycles. The van der Waals surface area contributed by atoms with Crippen LogP contribution in [0.25, 0.3) is 0 Å². The lowest BCUT2D eigenvalue weighted by atomic mass is 10.1. The predicted octanol–water partition coefficient (Wildman–Crippen LogP) is 4.58. The van der Waals surface area contributed by atoms with Crippen molar-refractivity contribution < 1.29 is 22.8 Å². The number of hydrogen-bond donors (Lipinski definition) is 1. The van der Waals surface area contributed by atoms with Gasteiger partial charge in [0.15, 0.2) is 0 Å². The van der Waals surface area contributed by atoms with Gasteiger partial charge in [0.2, 0.25) is 5.91 Å². The number of nitrogens with one attached hydrogen (secondary N) is 1. The van der Waals surface area contributed by atoms with Crippen LogP contribution in [0.1, 0.15) is 27.1 Å². The predicted molar refractivity (Wildman–Crippen MR) is 105 cm³/mol. The van der Waals surface area contributed by atoms with Gasteiger partial charge in [-0.2, -0.15) is 0 Å². The average Bonchev–Trinajstić information content (AvgIpc) is 3.35. The highest BCUT2D eigenvalue weighted by molar-refractivity contribution is 8.00. The quantitative estimate of drug-likeness (QED) is 0.664. The first-order valence-corrected chi connectivity index (χ1v) is 9.86. The van der Waals surface area contributed by atoms with Crippen molar-refractivity contribution in [3.8, 4) is 0 Å². The topological polar surface area (TPSA) is 62.6 Å². The summed E-state index contributed by atoms with van der Waals surface area (Å²) in [7, 11) is 0. The smallest absolute Gasteiger partial charge is 0.255 e. The molecule has 1 saturated heterocycles. The summed E-state index contributed by atoms with van der Waals surface area (Å²) in [5, 5.41) is 2.24. The van der Waals surface area contributed by atoms with Crippen LogP contribution in [0.3, 0.4) is 0 Å². The molecule has 0 unspecified atom stereocenters. The van der Waals surface area contributed by atoms with Crippen molar-refractivity contribution in [2.24, 2.45) is 0 Å². The van der Waals surface area contributed by atoms with E-state index in [9.17, 15) is 18.4 Å². The van der Waals surface area contributed by atoms with Crippen LogP contribution in [0.2, 0.25) is 0 Å². The van der Waals surface area contributed by atoms with Gasteiger partial charge in [-0.15, -0.1) is 11.8 Å². The van der Waals surface area contributed by atoms with Crippen molar-refractivity contribution >= 4 is 29.3 Å². The van der Waals surface area contributed by atoms with Crippen LogP contribution in [0.15, 0.2) is 65.3 Å². The third-order valence-corrected chi connectivity index (χ3v) is 5.77. The van der Waals surface area contributed by atoms with Crippen molar-refractivity contribution in [1.29, 1.82) is 0 Å². The Morgan fingerprint density at radius 3 is 2.66 bits per heavy atom. The van der Waals surface area contributed by atoms with Gasteiger partial charge in [0.1, 0.15) is 22.8 Å². The maximum atomic E-state index is 13.7. The molecule has 29 heavy (non-hydrogen) atoms.